The van der Waals surface area contributed by atoms with Crippen LogP contribution < -0.4 is 5.32 Å². The van der Waals surface area contributed by atoms with Gasteiger partial charge in [-0.1, -0.05) is 64.8 Å². The zero-order valence-corrected chi connectivity index (χ0v) is 16.2. The van der Waals surface area contributed by atoms with Gasteiger partial charge in [0.15, 0.2) is 0 Å². The molecule has 0 unspecified atom stereocenters. The number of nitrogens with zero attached hydrogens (tertiary/aromatic N) is 2. The minimum atomic E-state index is -0.191. The molecule has 0 saturated carbocycles. The van der Waals surface area contributed by atoms with E-state index in [-0.39, 0.29) is 11.7 Å². The Morgan fingerprint density at radius 2 is 1.81 bits per heavy atom. The summed E-state index contributed by atoms with van der Waals surface area (Å²) in [6.07, 6.45) is 0. The van der Waals surface area contributed by atoms with Crippen molar-refractivity contribution in [2.75, 3.05) is 11.1 Å². The lowest BCUT2D eigenvalue weighted by Crippen LogP contribution is -2.14. The molecule has 1 amide bonds. The summed E-state index contributed by atoms with van der Waals surface area (Å²) in [4.78, 5) is 12.1. The van der Waals surface area contributed by atoms with Gasteiger partial charge in [0.05, 0.1) is 22.2 Å². The number of carbonyl (C=O) groups excluding carboxylic acids is 1. The first-order valence-corrected chi connectivity index (χ1v) is 9.54. The molecule has 7 heteroatoms. The third kappa shape index (κ3) is 4.97. The van der Waals surface area contributed by atoms with Gasteiger partial charge in [0.25, 0.3) is 0 Å². The predicted octanol–water partition coefficient (Wildman–Crippen LogP) is 5.49. The van der Waals surface area contributed by atoms with Crippen LogP contribution >= 0.6 is 35.0 Å². The van der Waals surface area contributed by atoms with E-state index < -0.39 is 0 Å². The molecule has 4 nitrogen and oxygen atoms in total. The number of nitrogens with one attached hydrogen (secondary N) is 1. The minimum absolute atomic E-state index is 0.191. The molecule has 0 radical (unpaired) electrons. The Hall–Kier alpha value is -2.08. The molecule has 26 heavy (non-hydrogen) atoms. The van der Waals surface area contributed by atoms with E-state index in [1.54, 1.807) is 18.2 Å². The van der Waals surface area contributed by atoms with Gasteiger partial charge in [-0.25, -0.2) is 0 Å². The Morgan fingerprint density at radius 3 is 2.50 bits per heavy atom. The highest BCUT2D eigenvalue weighted by molar-refractivity contribution is 7.99. The zero-order valence-electron chi connectivity index (χ0n) is 13.9. The molecule has 1 N–H and O–H groups in total. The van der Waals surface area contributed by atoms with E-state index in [2.05, 4.69) is 15.5 Å². The summed E-state index contributed by atoms with van der Waals surface area (Å²) >= 11 is 13.3. The summed E-state index contributed by atoms with van der Waals surface area (Å²) in [7, 11) is 0. The van der Waals surface area contributed by atoms with Crippen molar-refractivity contribution in [2.24, 2.45) is 0 Å². The first-order valence-electron chi connectivity index (χ1n) is 7.80. The number of amides is 1. The predicted molar refractivity (Wildman–Crippen MR) is 108 cm³/mol. The topological polar surface area (TPSA) is 54.9 Å². The van der Waals surface area contributed by atoms with E-state index in [1.165, 1.54) is 17.3 Å². The SMILES string of the molecule is Cc1ccc(-c2ccc(SCC(=O)Nc3cc(Cl)ccc3Cl)nn2)cc1. The van der Waals surface area contributed by atoms with Crippen LogP contribution in [0.4, 0.5) is 5.69 Å². The first kappa shape index (κ1) is 18.7. The Kier molecular flexibility index (Phi) is 6.14. The summed E-state index contributed by atoms with van der Waals surface area (Å²) < 4.78 is 0. The lowest BCUT2D eigenvalue weighted by atomic mass is 10.1. The van der Waals surface area contributed by atoms with E-state index in [1.807, 2.05) is 43.3 Å². The monoisotopic (exact) mass is 403 g/mol. The van der Waals surface area contributed by atoms with Crippen LogP contribution in [0.3, 0.4) is 0 Å². The summed E-state index contributed by atoms with van der Waals surface area (Å²) in [6.45, 7) is 2.04. The number of halogens is 2. The average molecular weight is 404 g/mol. The molecule has 0 saturated heterocycles. The van der Waals surface area contributed by atoms with Gasteiger partial charge in [0, 0.05) is 10.6 Å². The summed E-state index contributed by atoms with van der Waals surface area (Å²) in [6, 6.07) is 16.8. The largest absolute Gasteiger partial charge is 0.324 e. The number of hydrogen-bond acceptors (Lipinski definition) is 4. The van der Waals surface area contributed by atoms with Crippen molar-refractivity contribution in [3.05, 3.63) is 70.2 Å². The van der Waals surface area contributed by atoms with Gasteiger partial charge >= 0.3 is 0 Å². The van der Waals surface area contributed by atoms with Gasteiger partial charge in [-0.05, 0) is 37.3 Å². The Bertz CT molecular complexity index is 915. The average Bonchev–Trinajstić information content (AvgIpc) is 2.64. The van der Waals surface area contributed by atoms with Crippen molar-refractivity contribution in [1.29, 1.82) is 0 Å². The van der Waals surface area contributed by atoms with Gasteiger partial charge in [-0.15, -0.1) is 10.2 Å². The van der Waals surface area contributed by atoms with Gasteiger partial charge in [0.2, 0.25) is 5.91 Å². The van der Waals surface area contributed by atoms with Crippen LogP contribution in [0.1, 0.15) is 5.56 Å². The van der Waals surface area contributed by atoms with Gasteiger partial charge in [-0.3, -0.25) is 4.79 Å². The molecule has 2 aromatic carbocycles. The Balaban J connectivity index is 1.58. The lowest BCUT2D eigenvalue weighted by molar-refractivity contribution is -0.113. The van der Waals surface area contributed by atoms with Crippen molar-refractivity contribution in [3.8, 4) is 11.3 Å². The lowest BCUT2D eigenvalue weighted by Gasteiger charge is -2.07. The summed E-state index contributed by atoms with van der Waals surface area (Å²) in [5.41, 5.74) is 3.49. The number of benzene rings is 2. The molecular weight excluding hydrogens is 389 g/mol. The standard InChI is InChI=1S/C19H15Cl2N3OS/c1-12-2-4-13(5-3-12)16-8-9-19(24-23-16)26-11-18(25)22-17-10-14(20)6-7-15(17)21/h2-10H,11H2,1H3,(H,22,25). The highest BCUT2D eigenvalue weighted by Gasteiger charge is 2.09. The van der Waals surface area contributed by atoms with E-state index in [0.717, 1.165) is 11.3 Å². The molecule has 1 heterocycles. The highest BCUT2D eigenvalue weighted by atomic mass is 35.5. The molecule has 0 aliphatic rings. The summed E-state index contributed by atoms with van der Waals surface area (Å²) in [5.74, 6) is 0.00470. The maximum Gasteiger partial charge on any atom is 0.234 e. The smallest absolute Gasteiger partial charge is 0.234 e. The van der Waals surface area contributed by atoms with Crippen LogP contribution in [0.25, 0.3) is 11.3 Å². The second kappa shape index (κ2) is 8.54. The number of thioether (sulfide) groups is 1. The van der Waals surface area contributed by atoms with E-state index >= 15 is 0 Å². The quantitative estimate of drug-likeness (QED) is 0.572. The number of anilines is 1. The fourth-order valence-electron chi connectivity index (χ4n) is 2.19. The number of hydrogen-bond donors (Lipinski definition) is 1. The highest BCUT2D eigenvalue weighted by Crippen LogP contribution is 2.26. The fraction of sp³-hybridized carbons (Fsp3) is 0.105. The van der Waals surface area contributed by atoms with Gasteiger partial charge in [0.1, 0.15) is 5.03 Å². The Labute approximate surface area is 165 Å². The molecule has 0 aliphatic carbocycles. The van der Waals surface area contributed by atoms with Crippen molar-refractivity contribution in [3.63, 3.8) is 0 Å². The summed E-state index contributed by atoms with van der Waals surface area (Å²) in [5, 5.41) is 12.8. The number of carbonyl (C=O) groups is 1. The maximum atomic E-state index is 12.1. The van der Waals surface area contributed by atoms with Crippen LogP contribution in [0.5, 0.6) is 0 Å². The molecule has 1 aromatic heterocycles. The molecule has 0 bridgehead atoms. The van der Waals surface area contributed by atoms with Crippen molar-refractivity contribution in [2.45, 2.75) is 11.9 Å². The second-order valence-electron chi connectivity index (χ2n) is 5.58. The third-order valence-electron chi connectivity index (χ3n) is 3.54. The van der Waals surface area contributed by atoms with Gasteiger partial charge < -0.3 is 5.32 Å². The maximum absolute atomic E-state index is 12.1. The normalized spacial score (nSPS) is 10.6. The molecule has 3 rings (SSSR count). The molecular formula is C19H15Cl2N3OS. The van der Waals surface area contributed by atoms with Crippen LogP contribution in [-0.2, 0) is 4.79 Å². The van der Waals surface area contributed by atoms with E-state index in [4.69, 9.17) is 23.2 Å². The Morgan fingerprint density at radius 1 is 1.04 bits per heavy atom. The number of aromatic nitrogens is 2. The van der Waals surface area contributed by atoms with Crippen molar-refractivity contribution < 1.29 is 4.79 Å². The molecule has 0 atom stereocenters. The van der Waals surface area contributed by atoms with E-state index in [0.29, 0.717) is 20.8 Å². The van der Waals surface area contributed by atoms with Crippen molar-refractivity contribution in [1.82, 2.24) is 10.2 Å². The molecule has 0 spiro atoms. The molecule has 3 aromatic rings. The third-order valence-corrected chi connectivity index (χ3v) is 5.03. The van der Waals surface area contributed by atoms with Crippen molar-refractivity contribution >= 4 is 46.6 Å². The molecule has 132 valence electrons. The van der Waals surface area contributed by atoms with Crippen LogP contribution in [0, 0.1) is 6.92 Å². The number of rotatable bonds is 5. The zero-order chi connectivity index (χ0) is 18.5. The number of aryl methyl sites for hydroxylation is 1. The molecule has 0 aliphatic heterocycles. The minimum Gasteiger partial charge on any atom is -0.324 e. The van der Waals surface area contributed by atoms with Crippen LogP contribution in [0.15, 0.2) is 59.6 Å². The fourth-order valence-corrected chi connectivity index (χ4v) is 3.15. The van der Waals surface area contributed by atoms with Gasteiger partial charge in [-0.2, -0.15) is 0 Å². The first-order chi connectivity index (χ1) is 12.5. The van der Waals surface area contributed by atoms with Crippen LogP contribution in [-0.4, -0.2) is 21.9 Å². The molecule has 0 fully saturated rings. The van der Waals surface area contributed by atoms with E-state index in [9.17, 15) is 4.79 Å². The second-order valence-corrected chi connectivity index (χ2v) is 7.42. The van der Waals surface area contributed by atoms with Crippen LogP contribution in [0.2, 0.25) is 10.0 Å².